The van der Waals surface area contributed by atoms with Crippen molar-refractivity contribution in [3.63, 3.8) is 0 Å². The Labute approximate surface area is 164 Å². The zero-order valence-corrected chi connectivity index (χ0v) is 15.4. The van der Waals surface area contributed by atoms with E-state index in [1.807, 2.05) is 0 Å². The smallest absolute Gasteiger partial charge is 0.0206 e. The minimum Gasteiger partial charge on any atom is -0.0760 e. The largest absolute Gasteiger partial charge is 0.0760 e. The maximum atomic E-state index is 2.44. The Balaban J connectivity index is 1.69. The standard InChI is InChI=1S/C28H18/c1-3-9-19-17(7-1)15-25-23-13-6-12-22-20-10-4-2-8-18(20)16-26(28(22)23)24-14-5-11-21(19)27(24)25/h1-16,21,27H. The van der Waals surface area contributed by atoms with Crippen molar-refractivity contribution in [3.05, 3.63) is 113 Å². The van der Waals surface area contributed by atoms with E-state index in [1.54, 1.807) is 0 Å². The average Bonchev–Trinajstić information content (AvgIpc) is 2.77. The highest BCUT2D eigenvalue weighted by molar-refractivity contribution is 6.19. The predicted octanol–water partition coefficient (Wildman–Crippen LogP) is 7.21. The Morgan fingerprint density at radius 2 is 1.54 bits per heavy atom. The molecule has 0 radical (unpaired) electrons. The van der Waals surface area contributed by atoms with Gasteiger partial charge in [-0.1, -0.05) is 91.0 Å². The van der Waals surface area contributed by atoms with E-state index in [1.165, 1.54) is 54.9 Å². The lowest BCUT2D eigenvalue weighted by atomic mass is 9.62. The predicted molar refractivity (Wildman–Crippen MR) is 119 cm³/mol. The van der Waals surface area contributed by atoms with Crippen LogP contribution in [0.5, 0.6) is 0 Å². The first kappa shape index (κ1) is 14.6. The maximum Gasteiger partial charge on any atom is 0.0206 e. The molecular weight excluding hydrogens is 336 g/mol. The van der Waals surface area contributed by atoms with E-state index in [0.717, 1.165) is 0 Å². The van der Waals surface area contributed by atoms with Gasteiger partial charge in [-0.15, -0.1) is 0 Å². The first-order chi connectivity index (χ1) is 13.9. The quantitative estimate of drug-likeness (QED) is 0.293. The number of hydrogen-bond donors (Lipinski definition) is 0. The van der Waals surface area contributed by atoms with Crippen LogP contribution in [0.4, 0.5) is 0 Å². The van der Waals surface area contributed by atoms with Crippen molar-refractivity contribution >= 4 is 38.8 Å². The van der Waals surface area contributed by atoms with E-state index in [-0.39, 0.29) is 0 Å². The number of benzene rings is 4. The highest BCUT2D eigenvalue weighted by Gasteiger charge is 2.39. The summed E-state index contributed by atoms with van der Waals surface area (Å²) in [5.41, 5.74) is 8.60. The van der Waals surface area contributed by atoms with Gasteiger partial charge in [0, 0.05) is 11.8 Å². The SMILES string of the molecule is C1=CC2c3ccccc3C=C3c4cccc5c4c(cc4ccccc45)C(=C1)C32. The van der Waals surface area contributed by atoms with Crippen molar-refractivity contribution in [2.45, 2.75) is 5.92 Å². The summed E-state index contributed by atoms with van der Waals surface area (Å²) in [4.78, 5) is 0. The number of allylic oxidation sites excluding steroid dienone is 5. The summed E-state index contributed by atoms with van der Waals surface area (Å²) in [7, 11) is 0. The molecule has 0 heterocycles. The second-order valence-electron chi connectivity index (χ2n) is 8.11. The molecule has 130 valence electrons. The molecule has 0 spiro atoms. The van der Waals surface area contributed by atoms with Crippen LogP contribution >= 0.6 is 0 Å². The van der Waals surface area contributed by atoms with Crippen LogP contribution in [0, 0.1) is 5.92 Å². The molecule has 0 nitrogen and oxygen atoms in total. The molecule has 0 bridgehead atoms. The van der Waals surface area contributed by atoms with E-state index < -0.39 is 0 Å². The van der Waals surface area contributed by atoms with Gasteiger partial charge in [-0.25, -0.2) is 0 Å². The van der Waals surface area contributed by atoms with Gasteiger partial charge in [0.25, 0.3) is 0 Å². The van der Waals surface area contributed by atoms with Crippen molar-refractivity contribution < 1.29 is 0 Å². The van der Waals surface area contributed by atoms with Crippen LogP contribution in [-0.4, -0.2) is 0 Å². The van der Waals surface area contributed by atoms with Crippen LogP contribution in [0.25, 0.3) is 38.8 Å². The first-order valence-corrected chi connectivity index (χ1v) is 10.0. The molecule has 0 fully saturated rings. The van der Waals surface area contributed by atoms with Gasteiger partial charge in [0.2, 0.25) is 0 Å². The third-order valence-corrected chi connectivity index (χ3v) is 6.80. The van der Waals surface area contributed by atoms with Gasteiger partial charge < -0.3 is 0 Å². The highest BCUT2D eigenvalue weighted by atomic mass is 14.4. The van der Waals surface area contributed by atoms with Gasteiger partial charge in [0.05, 0.1) is 0 Å². The van der Waals surface area contributed by atoms with Crippen molar-refractivity contribution in [1.29, 1.82) is 0 Å². The maximum absolute atomic E-state index is 2.44. The van der Waals surface area contributed by atoms with E-state index in [4.69, 9.17) is 0 Å². The first-order valence-electron chi connectivity index (χ1n) is 10.0. The van der Waals surface area contributed by atoms with Gasteiger partial charge in [-0.05, 0) is 61.0 Å². The Hall–Kier alpha value is -3.38. The van der Waals surface area contributed by atoms with Crippen molar-refractivity contribution in [2.24, 2.45) is 5.92 Å². The Bertz CT molecular complexity index is 1410. The van der Waals surface area contributed by atoms with E-state index >= 15 is 0 Å². The van der Waals surface area contributed by atoms with Crippen LogP contribution < -0.4 is 0 Å². The molecule has 0 N–H and O–H groups in total. The molecule has 3 aliphatic carbocycles. The fourth-order valence-corrected chi connectivity index (χ4v) is 5.67. The van der Waals surface area contributed by atoms with Crippen LogP contribution in [0.1, 0.15) is 28.2 Å². The zero-order chi connectivity index (χ0) is 18.2. The lowest BCUT2D eigenvalue weighted by molar-refractivity contribution is 0.724. The van der Waals surface area contributed by atoms with Crippen molar-refractivity contribution in [1.82, 2.24) is 0 Å². The molecule has 4 aromatic rings. The summed E-state index contributed by atoms with van der Waals surface area (Å²) in [6.45, 7) is 0. The lowest BCUT2D eigenvalue weighted by Crippen LogP contribution is -2.24. The number of fused-ring (bicyclic) bond motifs is 6. The fourth-order valence-electron chi connectivity index (χ4n) is 5.67. The molecule has 0 aromatic heterocycles. The van der Waals surface area contributed by atoms with Gasteiger partial charge in [-0.2, -0.15) is 0 Å². The zero-order valence-electron chi connectivity index (χ0n) is 15.4. The molecule has 2 atom stereocenters. The highest BCUT2D eigenvalue weighted by Crippen LogP contribution is 2.56. The Kier molecular flexibility index (Phi) is 2.67. The number of hydrogen-bond acceptors (Lipinski definition) is 0. The molecule has 0 amide bonds. The summed E-state index contributed by atoms with van der Waals surface area (Å²) in [6.07, 6.45) is 9.45. The van der Waals surface area contributed by atoms with E-state index in [2.05, 4.69) is 97.1 Å². The summed E-state index contributed by atoms with van der Waals surface area (Å²) < 4.78 is 0. The summed E-state index contributed by atoms with van der Waals surface area (Å²) in [5, 5.41) is 5.47. The summed E-state index contributed by atoms with van der Waals surface area (Å²) in [5.74, 6) is 0.838. The molecule has 2 unspecified atom stereocenters. The summed E-state index contributed by atoms with van der Waals surface area (Å²) >= 11 is 0. The molecule has 4 aromatic carbocycles. The van der Waals surface area contributed by atoms with E-state index in [0.29, 0.717) is 11.8 Å². The van der Waals surface area contributed by atoms with Crippen molar-refractivity contribution in [3.8, 4) is 0 Å². The minimum absolute atomic E-state index is 0.416. The monoisotopic (exact) mass is 354 g/mol. The normalized spacial score (nSPS) is 21.1. The van der Waals surface area contributed by atoms with Crippen molar-refractivity contribution in [2.75, 3.05) is 0 Å². The molecule has 28 heavy (non-hydrogen) atoms. The van der Waals surface area contributed by atoms with Crippen LogP contribution in [0.3, 0.4) is 0 Å². The van der Waals surface area contributed by atoms with Crippen LogP contribution in [0.15, 0.2) is 91.0 Å². The molecule has 0 aliphatic heterocycles. The molecule has 0 heteroatoms. The second kappa shape index (κ2) is 5.11. The van der Waals surface area contributed by atoms with Gasteiger partial charge in [0.15, 0.2) is 0 Å². The van der Waals surface area contributed by atoms with Gasteiger partial charge >= 0.3 is 0 Å². The molecule has 3 aliphatic rings. The van der Waals surface area contributed by atoms with Crippen LogP contribution in [-0.2, 0) is 0 Å². The minimum atomic E-state index is 0.416. The average molecular weight is 354 g/mol. The molecular formula is C28H18. The molecule has 7 rings (SSSR count). The third kappa shape index (κ3) is 1.71. The van der Waals surface area contributed by atoms with Crippen LogP contribution in [0.2, 0.25) is 0 Å². The summed E-state index contributed by atoms with van der Waals surface area (Å²) in [6, 6.07) is 27.0. The Morgan fingerprint density at radius 1 is 0.679 bits per heavy atom. The molecule has 0 saturated carbocycles. The topological polar surface area (TPSA) is 0 Å². The second-order valence-corrected chi connectivity index (χ2v) is 8.11. The Morgan fingerprint density at radius 3 is 2.54 bits per heavy atom. The van der Waals surface area contributed by atoms with Gasteiger partial charge in [0.1, 0.15) is 0 Å². The van der Waals surface area contributed by atoms with Gasteiger partial charge in [-0.3, -0.25) is 0 Å². The van der Waals surface area contributed by atoms with E-state index in [9.17, 15) is 0 Å². The number of rotatable bonds is 0. The molecule has 0 saturated heterocycles. The third-order valence-electron chi connectivity index (χ3n) is 6.80. The lowest BCUT2D eigenvalue weighted by Gasteiger charge is -2.40. The fraction of sp³-hybridized carbons (Fsp3) is 0.0714.